The molecular formula is C26H28N4O2S. The fraction of sp³-hybridized carbons (Fsp3) is 0.231. The summed E-state index contributed by atoms with van der Waals surface area (Å²) in [6.45, 7) is 3.81. The van der Waals surface area contributed by atoms with Crippen LogP contribution in [0.1, 0.15) is 38.7 Å². The Bertz CT molecular complexity index is 1140. The molecule has 7 heteroatoms. The Morgan fingerprint density at radius 2 is 1.82 bits per heavy atom. The maximum absolute atomic E-state index is 13.1. The maximum atomic E-state index is 13.1. The minimum atomic E-state index is -0.491. The van der Waals surface area contributed by atoms with E-state index in [-0.39, 0.29) is 16.9 Å². The summed E-state index contributed by atoms with van der Waals surface area (Å²) in [5, 5.41) is 7.03. The smallest absolute Gasteiger partial charge is 0.245 e. The van der Waals surface area contributed by atoms with E-state index in [0.29, 0.717) is 17.6 Å². The number of fused-ring (bicyclic) bond motifs is 1. The zero-order valence-electron chi connectivity index (χ0n) is 18.8. The van der Waals surface area contributed by atoms with Gasteiger partial charge in [0.2, 0.25) is 11.8 Å². The highest BCUT2D eigenvalue weighted by Gasteiger charge is 2.23. The second-order valence-electron chi connectivity index (χ2n) is 7.61. The molecule has 0 aliphatic carbocycles. The predicted molar refractivity (Wildman–Crippen MR) is 138 cm³/mol. The van der Waals surface area contributed by atoms with E-state index in [0.717, 1.165) is 23.8 Å². The average Bonchev–Trinajstić information content (AvgIpc) is 2.82. The highest BCUT2D eigenvalue weighted by molar-refractivity contribution is 7.80. The van der Waals surface area contributed by atoms with Gasteiger partial charge in [-0.25, -0.2) is 0 Å². The van der Waals surface area contributed by atoms with Crippen molar-refractivity contribution in [1.82, 2.24) is 15.6 Å². The first-order valence-electron chi connectivity index (χ1n) is 11.0. The standard InChI is InChI=1S/C26H28N4O2S/c1-3-4-15-24(32)30(22-14-8-12-21-13-9-18-27-25(21)22)26(33)29-19(2)28-23(31)17-16-20-10-6-5-7-11-20/h5-14,16-19H,3-4,15H2,1-2H3,(H,28,31)(H,29,33)/b17-16+. The molecule has 0 bridgehead atoms. The molecule has 1 aromatic heterocycles. The molecule has 3 rings (SSSR count). The van der Waals surface area contributed by atoms with Crippen molar-refractivity contribution in [3.8, 4) is 0 Å². The second-order valence-corrected chi connectivity index (χ2v) is 8.00. The van der Waals surface area contributed by atoms with Crippen LogP contribution in [0.3, 0.4) is 0 Å². The number of thiocarbonyl (C=S) groups is 1. The number of hydrogen-bond acceptors (Lipinski definition) is 4. The zero-order valence-corrected chi connectivity index (χ0v) is 19.6. The van der Waals surface area contributed by atoms with Crippen molar-refractivity contribution in [2.75, 3.05) is 4.90 Å². The van der Waals surface area contributed by atoms with E-state index >= 15 is 0 Å². The third-order valence-corrected chi connectivity index (χ3v) is 5.27. The number of aromatic nitrogens is 1. The Balaban J connectivity index is 1.75. The molecule has 2 N–H and O–H groups in total. The molecule has 0 saturated carbocycles. The number of carbonyl (C=O) groups excluding carboxylic acids is 2. The monoisotopic (exact) mass is 460 g/mol. The number of carbonyl (C=O) groups is 2. The van der Waals surface area contributed by atoms with Gasteiger partial charge in [0.25, 0.3) is 0 Å². The van der Waals surface area contributed by atoms with E-state index in [4.69, 9.17) is 12.2 Å². The number of benzene rings is 2. The summed E-state index contributed by atoms with van der Waals surface area (Å²) in [4.78, 5) is 31.4. The summed E-state index contributed by atoms with van der Waals surface area (Å²) in [5.41, 5.74) is 2.24. The van der Waals surface area contributed by atoms with Crippen LogP contribution >= 0.6 is 12.2 Å². The number of para-hydroxylation sites is 1. The lowest BCUT2D eigenvalue weighted by Crippen LogP contribution is -2.52. The molecular weight excluding hydrogens is 432 g/mol. The summed E-state index contributed by atoms with van der Waals surface area (Å²) in [6.07, 6.45) is 6.43. The summed E-state index contributed by atoms with van der Waals surface area (Å²) >= 11 is 5.61. The van der Waals surface area contributed by atoms with Gasteiger partial charge < -0.3 is 10.6 Å². The van der Waals surface area contributed by atoms with Crippen LogP contribution in [0.15, 0.2) is 72.9 Å². The van der Waals surface area contributed by atoms with Crippen molar-refractivity contribution < 1.29 is 9.59 Å². The van der Waals surface area contributed by atoms with Gasteiger partial charge in [-0.1, -0.05) is 61.9 Å². The number of nitrogens with zero attached hydrogens (tertiary/aromatic N) is 2. The van der Waals surface area contributed by atoms with Crippen molar-refractivity contribution in [1.29, 1.82) is 0 Å². The third kappa shape index (κ3) is 6.70. The molecule has 2 amide bonds. The highest BCUT2D eigenvalue weighted by Crippen LogP contribution is 2.26. The number of amides is 2. The van der Waals surface area contributed by atoms with Gasteiger partial charge in [-0.15, -0.1) is 0 Å². The van der Waals surface area contributed by atoms with Gasteiger partial charge >= 0.3 is 0 Å². The Morgan fingerprint density at radius 3 is 2.58 bits per heavy atom. The molecule has 2 aromatic carbocycles. The fourth-order valence-electron chi connectivity index (χ4n) is 3.35. The number of rotatable bonds is 8. The largest absolute Gasteiger partial charge is 0.342 e. The molecule has 6 nitrogen and oxygen atoms in total. The van der Waals surface area contributed by atoms with E-state index in [1.54, 1.807) is 19.2 Å². The van der Waals surface area contributed by atoms with Gasteiger partial charge in [-0.05, 0) is 49.3 Å². The Labute approximate surface area is 199 Å². The molecule has 33 heavy (non-hydrogen) atoms. The zero-order chi connectivity index (χ0) is 23.6. The highest BCUT2D eigenvalue weighted by atomic mass is 32.1. The van der Waals surface area contributed by atoms with Gasteiger partial charge in [0, 0.05) is 24.1 Å². The molecule has 3 aromatic rings. The first-order valence-corrected chi connectivity index (χ1v) is 11.4. The molecule has 1 atom stereocenters. The van der Waals surface area contributed by atoms with Gasteiger partial charge in [0.05, 0.1) is 17.4 Å². The molecule has 1 unspecified atom stereocenters. The van der Waals surface area contributed by atoms with Gasteiger partial charge in [0.1, 0.15) is 0 Å². The summed E-state index contributed by atoms with van der Waals surface area (Å²) < 4.78 is 0. The van der Waals surface area contributed by atoms with E-state index in [1.807, 2.05) is 67.6 Å². The van der Waals surface area contributed by atoms with E-state index < -0.39 is 6.17 Å². The number of pyridine rings is 1. The van der Waals surface area contributed by atoms with Gasteiger partial charge in [0.15, 0.2) is 5.11 Å². The van der Waals surface area contributed by atoms with Crippen molar-refractivity contribution in [3.05, 3.63) is 78.5 Å². The molecule has 0 radical (unpaired) electrons. The Hall–Kier alpha value is -3.58. The molecule has 170 valence electrons. The lowest BCUT2D eigenvalue weighted by atomic mass is 10.1. The van der Waals surface area contributed by atoms with E-state index in [1.165, 1.54) is 11.0 Å². The van der Waals surface area contributed by atoms with Crippen LogP contribution in [0.25, 0.3) is 17.0 Å². The predicted octanol–water partition coefficient (Wildman–Crippen LogP) is 4.81. The first kappa shape index (κ1) is 24.1. The van der Waals surface area contributed by atoms with Crippen LogP contribution in [0.5, 0.6) is 0 Å². The maximum Gasteiger partial charge on any atom is 0.245 e. The van der Waals surface area contributed by atoms with Crippen LogP contribution in [0.4, 0.5) is 5.69 Å². The number of anilines is 1. The minimum Gasteiger partial charge on any atom is -0.342 e. The van der Waals surface area contributed by atoms with Gasteiger partial charge in [-0.2, -0.15) is 0 Å². The van der Waals surface area contributed by atoms with E-state index in [9.17, 15) is 9.59 Å². The topological polar surface area (TPSA) is 74.3 Å². The Kier molecular flexibility index (Phi) is 8.66. The van der Waals surface area contributed by atoms with E-state index in [2.05, 4.69) is 15.6 Å². The first-order chi connectivity index (χ1) is 16.0. The molecule has 1 heterocycles. The molecule has 0 aliphatic rings. The molecule has 0 saturated heterocycles. The van der Waals surface area contributed by atoms with Crippen LogP contribution in [0, 0.1) is 0 Å². The molecule has 0 spiro atoms. The van der Waals surface area contributed by atoms with Crippen LogP contribution in [0.2, 0.25) is 0 Å². The van der Waals surface area contributed by atoms with Crippen molar-refractivity contribution in [3.63, 3.8) is 0 Å². The number of nitrogens with one attached hydrogen (secondary N) is 2. The normalized spacial score (nSPS) is 11.8. The summed E-state index contributed by atoms with van der Waals surface area (Å²) in [7, 11) is 0. The fourth-order valence-corrected chi connectivity index (χ4v) is 3.73. The summed E-state index contributed by atoms with van der Waals surface area (Å²) in [6, 6.07) is 19.0. The van der Waals surface area contributed by atoms with Crippen LogP contribution in [-0.2, 0) is 9.59 Å². The average molecular weight is 461 g/mol. The molecule has 0 fully saturated rings. The third-order valence-electron chi connectivity index (χ3n) is 4.97. The van der Waals surface area contributed by atoms with Crippen molar-refractivity contribution in [2.45, 2.75) is 39.3 Å². The summed E-state index contributed by atoms with van der Waals surface area (Å²) in [5.74, 6) is -0.382. The number of hydrogen-bond donors (Lipinski definition) is 2. The lowest BCUT2D eigenvalue weighted by Gasteiger charge is -2.27. The van der Waals surface area contributed by atoms with Crippen molar-refractivity contribution >= 4 is 51.8 Å². The van der Waals surface area contributed by atoms with Crippen LogP contribution < -0.4 is 15.5 Å². The second kappa shape index (κ2) is 11.9. The van der Waals surface area contributed by atoms with Crippen molar-refractivity contribution in [2.24, 2.45) is 0 Å². The van der Waals surface area contributed by atoms with Gasteiger partial charge in [-0.3, -0.25) is 19.5 Å². The SMILES string of the molecule is CCCCC(=O)N(C(=S)NC(C)NC(=O)/C=C/c1ccccc1)c1cccc2cccnc12. The molecule has 0 aliphatic heterocycles. The number of unbranched alkanes of at least 4 members (excludes halogenated alkanes) is 1. The quantitative estimate of drug-likeness (QED) is 0.287. The Morgan fingerprint density at radius 1 is 1.06 bits per heavy atom. The lowest BCUT2D eigenvalue weighted by molar-refractivity contribution is -0.118. The van der Waals surface area contributed by atoms with Crippen LogP contribution in [-0.4, -0.2) is 28.1 Å². The minimum absolute atomic E-state index is 0.116.